The van der Waals surface area contributed by atoms with Crippen LogP contribution in [0.2, 0.25) is 0 Å². The number of hydrogen-bond donors (Lipinski definition) is 1. The monoisotopic (exact) mass is 456 g/mol. The minimum absolute atomic E-state index is 0. The van der Waals surface area contributed by atoms with Gasteiger partial charge in [0, 0.05) is 44.8 Å². The van der Waals surface area contributed by atoms with E-state index < -0.39 is 0 Å². The van der Waals surface area contributed by atoms with E-state index in [4.69, 9.17) is 4.99 Å². The van der Waals surface area contributed by atoms with E-state index in [0.29, 0.717) is 13.0 Å². The highest BCUT2D eigenvalue weighted by Crippen LogP contribution is 2.28. The topological polar surface area (TPSA) is 47.9 Å². The first-order valence-electron chi connectivity index (χ1n) is 9.21. The number of rotatable bonds is 5. The lowest BCUT2D eigenvalue weighted by Gasteiger charge is -2.21. The van der Waals surface area contributed by atoms with Crippen LogP contribution in [0.3, 0.4) is 0 Å². The number of halogens is 1. The minimum atomic E-state index is 0. The van der Waals surface area contributed by atoms with Crippen molar-refractivity contribution in [3.63, 3.8) is 0 Å². The van der Waals surface area contributed by atoms with Gasteiger partial charge in [-0.25, -0.2) is 0 Å². The fourth-order valence-corrected chi connectivity index (χ4v) is 3.50. The predicted octanol–water partition coefficient (Wildman–Crippen LogP) is 3.04. The van der Waals surface area contributed by atoms with Gasteiger partial charge in [-0.05, 0) is 44.2 Å². The number of likely N-dealkylation sites (tertiary alicyclic amines) is 1. The zero-order valence-corrected chi connectivity index (χ0v) is 17.4. The van der Waals surface area contributed by atoms with Crippen molar-refractivity contribution in [2.45, 2.75) is 39.0 Å². The third-order valence-corrected chi connectivity index (χ3v) is 4.74. The predicted molar refractivity (Wildman–Crippen MR) is 114 cm³/mol. The molecule has 1 aromatic rings. The highest BCUT2D eigenvalue weighted by Gasteiger charge is 2.23. The van der Waals surface area contributed by atoms with Crippen LogP contribution in [0.5, 0.6) is 0 Å². The molecule has 138 valence electrons. The minimum Gasteiger partial charge on any atom is -0.357 e. The molecule has 1 amide bonds. The van der Waals surface area contributed by atoms with Gasteiger partial charge in [0.05, 0.1) is 0 Å². The number of aliphatic imine (C=N–C) groups is 1. The second-order valence-corrected chi connectivity index (χ2v) is 6.46. The van der Waals surface area contributed by atoms with Crippen LogP contribution in [0.4, 0.5) is 5.69 Å². The van der Waals surface area contributed by atoms with Gasteiger partial charge in [0.15, 0.2) is 5.96 Å². The van der Waals surface area contributed by atoms with Crippen molar-refractivity contribution in [2.75, 3.05) is 37.6 Å². The van der Waals surface area contributed by atoms with Crippen molar-refractivity contribution in [1.29, 1.82) is 0 Å². The Hall–Kier alpha value is -1.31. The Bertz CT molecular complexity index is 599. The molecule has 0 aromatic heterocycles. The summed E-state index contributed by atoms with van der Waals surface area (Å²) in [5.74, 6) is 1.23. The summed E-state index contributed by atoms with van der Waals surface area (Å²) in [5, 5.41) is 3.36. The number of amides is 1. The molecule has 1 fully saturated rings. The summed E-state index contributed by atoms with van der Waals surface area (Å²) in [6, 6.07) is 8.22. The van der Waals surface area contributed by atoms with E-state index >= 15 is 0 Å². The summed E-state index contributed by atoms with van der Waals surface area (Å²) in [7, 11) is 0. The summed E-state index contributed by atoms with van der Waals surface area (Å²) in [4.78, 5) is 21.4. The third-order valence-electron chi connectivity index (χ3n) is 4.74. The van der Waals surface area contributed by atoms with Crippen LogP contribution in [0.1, 0.15) is 38.2 Å². The Kier molecular flexibility index (Phi) is 7.99. The molecule has 0 spiro atoms. The van der Waals surface area contributed by atoms with Gasteiger partial charge in [-0.3, -0.25) is 9.79 Å². The summed E-state index contributed by atoms with van der Waals surface area (Å²) in [6.07, 6.45) is 4.84. The number of para-hydroxylation sites is 1. The normalized spacial score (nSPS) is 16.6. The van der Waals surface area contributed by atoms with Crippen molar-refractivity contribution in [3.05, 3.63) is 29.8 Å². The standard InChI is InChI=1S/C19H28N4O.HI/c1-2-20-19(22-13-5-6-14-22)21-12-7-10-18(24)23-15-11-16-8-3-4-9-17(16)23;/h3-4,8-9H,2,5-7,10-15H2,1H3,(H,20,21);1H. The molecule has 1 saturated heterocycles. The molecule has 2 aliphatic heterocycles. The van der Waals surface area contributed by atoms with Gasteiger partial charge in [0.25, 0.3) is 0 Å². The number of benzene rings is 1. The first kappa shape index (κ1) is 20.0. The quantitative estimate of drug-likeness (QED) is 0.321. The summed E-state index contributed by atoms with van der Waals surface area (Å²) in [6.45, 7) is 6.70. The van der Waals surface area contributed by atoms with Crippen molar-refractivity contribution in [1.82, 2.24) is 10.2 Å². The van der Waals surface area contributed by atoms with E-state index in [1.807, 2.05) is 17.0 Å². The van der Waals surface area contributed by atoms with Crippen LogP contribution in [0.15, 0.2) is 29.3 Å². The molecule has 6 heteroatoms. The van der Waals surface area contributed by atoms with E-state index in [-0.39, 0.29) is 29.9 Å². The molecule has 2 aliphatic rings. The lowest BCUT2D eigenvalue weighted by molar-refractivity contribution is -0.118. The molecule has 5 nitrogen and oxygen atoms in total. The number of guanidine groups is 1. The number of hydrogen-bond acceptors (Lipinski definition) is 2. The maximum absolute atomic E-state index is 12.5. The molecular weight excluding hydrogens is 427 g/mol. The second-order valence-electron chi connectivity index (χ2n) is 6.46. The van der Waals surface area contributed by atoms with Crippen LogP contribution in [0, 0.1) is 0 Å². The van der Waals surface area contributed by atoms with Gasteiger partial charge in [-0.15, -0.1) is 24.0 Å². The average molecular weight is 456 g/mol. The maximum atomic E-state index is 12.5. The molecule has 0 aliphatic carbocycles. The van der Waals surface area contributed by atoms with Gasteiger partial charge in [0.2, 0.25) is 5.91 Å². The Morgan fingerprint density at radius 1 is 1.20 bits per heavy atom. The number of anilines is 1. The molecule has 25 heavy (non-hydrogen) atoms. The smallest absolute Gasteiger partial charge is 0.227 e. The van der Waals surface area contributed by atoms with Crippen molar-refractivity contribution >= 4 is 41.5 Å². The molecule has 0 bridgehead atoms. The maximum Gasteiger partial charge on any atom is 0.227 e. The van der Waals surface area contributed by atoms with Gasteiger partial charge in [0.1, 0.15) is 0 Å². The summed E-state index contributed by atoms with van der Waals surface area (Å²) >= 11 is 0. The lowest BCUT2D eigenvalue weighted by atomic mass is 10.2. The van der Waals surface area contributed by atoms with Crippen LogP contribution < -0.4 is 10.2 Å². The molecule has 3 rings (SSSR count). The molecule has 0 unspecified atom stereocenters. The van der Waals surface area contributed by atoms with E-state index in [9.17, 15) is 4.79 Å². The van der Waals surface area contributed by atoms with E-state index in [1.54, 1.807) is 0 Å². The summed E-state index contributed by atoms with van der Waals surface area (Å²) < 4.78 is 0. The fourth-order valence-electron chi connectivity index (χ4n) is 3.50. The van der Waals surface area contributed by atoms with E-state index in [0.717, 1.165) is 50.7 Å². The highest BCUT2D eigenvalue weighted by molar-refractivity contribution is 14.0. The molecule has 1 aromatic carbocycles. The second kappa shape index (κ2) is 9.99. The highest BCUT2D eigenvalue weighted by atomic mass is 127. The van der Waals surface area contributed by atoms with Gasteiger partial charge >= 0.3 is 0 Å². The Labute approximate surface area is 167 Å². The molecule has 0 radical (unpaired) electrons. The zero-order valence-electron chi connectivity index (χ0n) is 15.0. The van der Waals surface area contributed by atoms with Gasteiger partial charge in [-0.1, -0.05) is 18.2 Å². The van der Waals surface area contributed by atoms with Crippen LogP contribution >= 0.6 is 24.0 Å². The Morgan fingerprint density at radius 3 is 2.72 bits per heavy atom. The number of nitrogens with zero attached hydrogens (tertiary/aromatic N) is 3. The largest absolute Gasteiger partial charge is 0.357 e. The number of fused-ring (bicyclic) bond motifs is 1. The van der Waals surface area contributed by atoms with Gasteiger partial charge in [-0.2, -0.15) is 0 Å². The first-order chi connectivity index (χ1) is 11.8. The molecule has 1 N–H and O–H groups in total. The molecule has 0 atom stereocenters. The van der Waals surface area contributed by atoms with Crippen LogP contribution in [-0.2, 0) is 11.2 Å². The SMILES string of the molecule is CCNC(=NCCCC(=O)N1CCc2ccccc21)N1CCCC1.I. The first-order valence-corrected chi connectivity index (χ1v) is 9.21. The van der Waals surface area contributed by atoms with Crippen molar-refractivity contribution < 1.29 is 4.79 Å². The zero-order chi connectivity index (χ0) is 16.8. The Morgan fingerprint density at radius 2 is 1.96 bits per heavy atom. The third kappa shape index (κ3) is 5.09. The van der Waals surface area contributed by atoms with Crippen molar-refractivity contribution in [3.8, 4) is 0 Å². The molecular formula is C19H29IN4O. The van der Waals surface area contributed by atoms with E-state index in [1.165, 1.54) is 18.4 Å². The van der Waals surface area contributed by atoms with Crippen molar-refractivity contribution in [2.24, 2.45) is 4.99 Å². The fraction of sp³-hybridized carbons (Fsp3) is 0.579. The number of nitrogens with one attached hydrogen (secondary N) is 1. The lowest BCUT2D eigenvalue weighted by Crippen LogP contribution is -2.39. The number of carbonyl (C=O) groups excluding carboxylic acids is 1. The summed E-state index contributed by atoms with van der Waals surface area (Å²) in [5.41, 5.74) is 2.38. The van der Waals surface area contributed by atoms with Crippen LogP contribution in [0.25, 0.3) is 0 Å². The average Bonchev–Trinajstić information content (AvgIpc) is 3.26. The van der Waals surface area contributed by atoms with Gasteiger partial charge < -0.3 is 15.1 Å². The Balaban J connectivity index is 0.00000225. The molecule has 0 saturated carbocycles. The van der Waals surface area contributed by atoms with E-state index in [2.05, 4.69) is 29.3 Å². The van der Waals surface area contributed by atoms with Crippen LogP contribution in [-0.4, -0.2) is 49.5 Å². The molecule has 2 heterocycles. The number of carbonyl (C=O) groups is 1.